The number of aliphatic carboxylic acids is 1. The summed E-state index contributed by atoms with van der Waals surface area (Å²) >= 11 is 5.74. The maximum Gasteiger partial charge on any atom is 0.304 e. The molecular weight excluding hydrogens is 216 g/mol. The highest BCUT2D eigenvalue weighted by Crippen LogP contribution is 2.06. The third-order valence-corrected chi connectivity index (χ3v) is 2.09. The first-order valence-electron chi connectivity index (χ1n) is 4.66. The SMILES string of the molecule is O=C(O)CC(Cl)COCc1ccccc1. The van der Waals surface area contributed by atoms with Gasteiger partial charge >= 0.3 is 5.97 Å². The fourth-order valence-electron chi connectivity index (χ4n) is 1.13. The van der Waals surface area contributed by atoms with Crippen molar-refractivity contribution < 1.29 is 14.6 Å². The Hall–Kier alpha value is -1.06. The van der Waals surface area contributed by atoms with Crippen LogP contribution in [-0.4, -0.2) is 23.1 Å². The first-order chi connectivity index (χ1) is 7.18. The Balaban J connectivity index is 2.19. The molecule has 0 saturated carbocycles. The van der Waals surface area contributed by atoms with Crippen molar-refractivity contribution in [2.24, 2.45) is 0 Å². The highest BCUT2D eigenvalue weighted by molar-refractivity contribution is 6.21. The van der Waals surface area contributed by atoms with Crippen molar-refractivity contribution in [1.29, 1.82) is 0 Å². The molecule has 1 aromatic rings. The molecule has 0 aliphatic carbocycles. The van der Waals surface area contributed by atoms with Crippen molar-refractivity contribution in [2.45, 2.75) is 18.4 Å². The van der Waals surface area contributed by atoms with Crippen molar-refractivity contribution in [3.05, 3.63) is 35.9 Å². The lowest BCUT2D eigenvalue weighted by molar-refractivity contribution is -0.137. The van der Waals surface area contributed by atoms with E-state index in [-0.39, 0.29) is 13.0 Å². The summed E-state index contributed by atoms with van der Waals surface area (Å²) in [6.45, 7) is 0.715. The van der Waals surface area contributed by atoms with E-state index in [9.17, 15) is 4.79 Å². The van der Waals surface area contributed by atoms with Gasteiger partial charge in [0.2, 0.25) is 0 Å². The van der Waals surface area contributed by atoms with Crippen LogP contribution >= 0.6 is 11.6 Å². The van der Waals surface area contributed by atoms with Gasteiger partial charge in [-0.25, -0.2) is 0 Å². The van der Waals surface area contributed by atoms with Gasteiger partial charge in [-0.15, -0.1) is 11.6 Å². The van der Waals surface area contributed by atoms with Crippen molar-refractivity contribution >= 4 is 17.6 Å². The predicted octanol–water partition coefficient (Wildman–Crippen LogP) is 2.29. The molecule has 1 atom stereocenters. The normalized spacial score (nSPS) is 12.3. The number of carbonyl (C=O) groups is 1. The Bertz CT molecular complexity index is 300. The van der Waals surface area contributed by atoms with Gasteiger partial charge in [0.1, 0.15) is 0 Å². The largest absolute Gasteiger partial charge is 0.481 e. The Morgan fingerprint density at radius 1 is 1.40 bits per heavy atom. The number of halogens is 1. The number of carboxylic acid groups (broad SMARTS) is 1. The summed E-state index contributed by atoms with van der Waals surface area (Å²) in [7, 11) is 0. The number of benzene rings is 1. The zero-order valence-electron chi connectivity index (χ0n) is 8.23. The highest BCUT2D eigenvalue weighted by atomic mass is 35.5. The lowest BCUT2D eigenvalue weighted by atomic mass is 10.2. The van der Waals surface area contributed by atoms with E-state index in [1.165, 1.54) is 0 Å². The summed E-state index contributed by atoms with van der Waals surface area (Å²) in [6.07, 6.45) is -0.0731. The number of hydrogen-bond donors (Lipinski definition) is 1. The molecule has 3 nitrogen and oxygen atoms in total. The van der Waals surface area contributed by atoms with Gasteiger partial charge in [-0.05, 0) is 5.56 Å². The molecule has 0 amide bonds. The van der Waals surface area contributed by atoms with Gasteiger partial charge in [-0.3, -0.25) is 4.79 Å². The molecular formula is C11H13ClO3. The minimum absolute atomic E-state index is 0.0731. The van der Waals surface area contributed by atoms with E-state index in [2.05, 4.69) is 0 Å². The number of carboxylic acids is 1. The van der Waals surface area contributed by atoms with Gasteiger partial charge in [0.15, 0.2) is 0 Å². The van der Waals surface area contributed by atoms with E-state index in [0.29, 0.717) is 6.61 Å². The lowest BCUT2D eigenvalue weighted by Gasteiger charge is -2.07. The highest BCUT2D eigenvalue weighted by Gasteiger charge is 2.09. The zero-order chi connectivity index (χ0) is 11.1. The molecule has 0 radical (unpaired) electrons. The topological polar surface area (TPSA) is 46.5 Å². The van der Waals surface area contributed by atoms with E-state index in [4.69, 9.17) is 21.4 Å². The van der Waals surface area contributed by atoms with E-state index >= 15 is 0 Å². The van der Waals surface area contributed by atoms with Gasteiger partial charge in [0.05, 0.1) is 25.0 Å². The number of hydrogen-bond acceptors (Lipinski definition) is 2. The number of rotatable bonds is 6. The maximum absolute atomic E-state index is 10.3. The molecule has 4 heteroatoms. The second-order valence-corrected chi connectivity index (χ2v) is 3.81. The Kier molecular flexibility index (Phi) is 5.15. The second kappa shape index (κ2) is 6.43. The van der Waals surface area contributed by atoms with Crippen LogP contribution in [0.15, 0.2) is 30.3 Å². The van der Waals surface area contributed by atoms with E-state index in [0.717, 1.165) is 5.56 Å². The predicted molar refractivity (Wildman–Crippen MR) is 58.0 cm³/mol. The first kappa shape index (κ1) is 12.0. The van der Waals surface area contributed by atoms with E-state index in [1.807, 2.05) is 30.3 Å². The monoisotopic (exact) mass is 228 g/mol. The van der Waals surface area contributed by atoms with Gasteiger partial charge in [0.25, 0.3) is 0 Å². The van der Waals surface area contributed by atoms with Crippen LogP contribution in [0.25, 0.3) is 0 Å². The van der Waals surface area contributed by atoms with E-state index in [1.54, 1.807) is 0 Å². The van der Waals surface area contributed by atoms with Crippen molar-refractivity contribution in [3.8, 4) is 0 Å². The number of ether oxygens (including phenoxy) is 1. The standard InChI is InChI=1S/C11H13ClO3/c12-10(6-11(13)14)8-15-7-9-4-2-1-3-5-9/h1-5,10H,6-8H2,(H,13,14). The molecule has 0 heterocycles. The lowest BCUT2D eigenvalue weighted by Crippen LogP contribution is -2.13. The molecule has 1 N–H and O–H groups in total. The third kappa shape index (κ3) is 5.40. The fourth-order valence-corrected chi connectivity index (χ4v) is 1.35. The quantitative estimate of drug-likeness (QED) is 0.760. The molecule has 0 aliphatic heterocycles. The van der Waals surface area contributed by atoms with Crippen LogP contribution in [0.1, 0.15) is 12.0 Å². The van der Waals surface area contributed by atoms with Crippen LogP contribution in [0.3, 0.4) is 0 Å². The Labute approximate surface area is 93.6 Å². The van der Waals surface area contributed by atoms with Gasteiger partial charge in [-0.1, -0.05) is 30.3 Å². The van der Waals surface area contributed by atoms with Crippen LogP contribution in [0.2, 0.25) is 0 Å². The number of alkyl halides is 1. The summed E-state index contributed by atoms with van der Waals surface area (Å²) in [6, 6.07) is 9.67. The van der Waals surface area contributed by atoms with Gasteiger partial charge in [0, 0.05) is 0 Å². The van der Waals surface area contributed by atoms with Crippen molar-refractivity contribution in [2.75, 3.05) is 6.61 Å². The fraction of sp³-hybridized carbons (Fsp3) is 0.364. The summed E-state index contributed by atoms with van der Waals surface area (Å²) in [5.41, 5.74) is 1.05. The van der Waals surface area contributed by atoms with E-state index < -0.39 is 11.3 Å². The molecule has 0 aliphatic rings. The summed E-state index contributed by atoms with van der Waals surface area (Å²) in [5.74, 6) is -0.904. The molecule has 0 spiro atoms. The average molecular weight is 229 g/mol. The minimum Gasteiger partial charge on any atom is -0.481 e. The van der Waals surface area contributed by atoms with Crippen LogP contribution in [0.5, 0.6) is 0 Å². The van der Waals surface area contributed by atoms with Gasteiger partial charge in [-0.2, -0.15) is 0 Å². The van der Waals surface area contributed by atoms with Crippen LogP contribution in [0, 0.1) is 0 Å². The molecule has 0 fully saturated rings. The average Bonchev–Trinajstić information content (AvgIpc) is 2.18. The van der Waals surface area contributed by atoms with Gasteiger partial charge < -0.3 is 9.84 Å². The molecule has 0 saturated heterocycles. The molecule has 15 heavy (non-hydrogen) atoms. The van der Waals surface area contributed by atoms with Crippen molar-refractivity contribution in [3.63, 3.8) is 0 Å². The Morgan fingerprint density at radius 2 is 2.07 bits per heavy atom. The first-order valence-corrected chi connectivity index (χ1v) is 5.09. The molecule has 1 unspecified atom stereocenters. The maximum atomic E-state index is 10.3. The zero-order valence-corrected chi connectivity index (χ0v) is 8.98. The molecule has 82 valence electrons. The molecule has 1 aromatic carbocycles. The third-order valence-electron chi connectivity index (χ3n) is 1.81. The molecule has 0 aromatic heterocycles. The van der Waals surface area contributed by atoms with Crippen LogP contribution in [0.4, 0.5) is 0 Å². The summed E-state index contributed by atoms with van der Waals surface area (Å²) in [5, 5.41) is 7.99. The van der Waals surface area contributed by atoms with Crippen molar-refractivity contribution in [1.82, 2.24) is 0 Å². The molecule has 1 rings (SSSR count). The second-order valence-electron chi connectivity index (χ2n) is 3.20. The smallest absolute Gasteiger partial charge is 0.304 e. The Morgan fingerprint density at radius 3 is 2.67 bits per heavy atom. The summed E-state index contributed by atoms with van der Waals surface area (Å²) in [4.78, 5) is 10.3. The molecule has 0 bridgehead atoms. The summed E-state index contributed by atoms with van der Waals surface area (Å²) < 4.78 is 5.29. The minimum atomic E-state index is -0.904. The van der Waals surface area contributed by atoms with Crippen LogP contribution < -0.4 is 0 Å². The van der Waals surface area contributed by atoms with Crippen LogP contribution in [-0.2, 0) is 16.1 Å².